The molecule has 1 aliphatic heterocycles. The molecule has 2 rings (SSSR count). The molecule has 116 valence electrons. The predicted molar refractivity (Wildman–Crippen MR) is 84.8 cm³/mol. The molecule has 5 heteroatoms. The van der Waals surface area contributed by atoms with Gasteiger partial charge in [-0.15, -0.1) is 0 Å². The molecule has 0 aromatic heterocycles. The highest BCUT2D eigenvalue weighted by molar-refractivity contribution is 5.97. The van der Waals surface area contributed by atoms with Crippen molar-refractivity contribution in [1.29, 1.82) is 0 Å². The molecule has 0 radical (unpaired) electrons. The van der Waals surface area contributed by atoms with E-state index in [1.165, 1.54) is 0 Å². The summed E-state index contributed by atoms with van der Waals surface area (Å²) in [4.78, 5) is 14.8. The zero-order valence-corrected chi connectivity index (χ0v) is 13.1. The molecule has 0 aliphatic carbocycles. The molecule has 0 atom stereocenters. The lowest BCUT2D eigenvalue weighted by atomic mass is 10.0. The van der Waals surface area contributed by atoms with Gasteiger partial charge in [-0.05, 0) is 45.0 Å². The fourth-order valence-corrected chi connectivity index (χ4v) is 2.45. The SMILES string of the molecule is CCOc1ccc(NC(=O)C(C)(C)N2CCNCC2)cc1. The highest BCUT2D eigenvalue weighted by Crippen LogP contribution is 2.20. The van der Waals surface area contributed by atoms with Crippen molar-refractivity contribution in [2.24, 2.45) is 0 Å². The Kier molecular flexibility index (Phi) is 5.20. The van der Waals surface area contributed by atoms with Gasteiger partial charge in [0.05, 0.1) is 12.1 Å². The molecule has 1 amide bonds. The van der Waals surface area contributed by atoms with Crippen LogP contribution in [0.5, 0.6) is 5.75 Å². The first-order chi connectivity index (χ1) is 10.0. The number of hydrogen-bond donors (Lipinski definition) is 2. The molecule has 5 nitrogen and oxygen atoms in total. The first kappa shape index (κ1) is 15.8. The first-order valence-electron chi connectivity index (χ1n) is 7.54. The van der Waals surface area contributed by atoms with Crippen LogP contribution in [0.1, 0.15) is 20.8 Å². The Hall–Kier alpha value is -1.59. The maximum atomic E-state index is 12.5. The number of piperazine rings is 1. The lowest BCUT2D eigenvalue weighted by Gasteiger charge is -2.39. The van der Waals surface area contributed by atoms with Crippen molar-refractivity contribution in [2.75, 3.05) is 38.1 Å². The van der Waals surface area contributed by atoms with Crippen LogP contribution in [0.4, 0.5) is 5.69 Å². The molecule has 2 N–H and O–H groups in total. The summed E-state index contributed by atoms with van der Waals surface area (Å²) in [6.07, 6.45) is 0. The molecular weight excluding hydrogens is 266 g/mol. The predicted octanol–water partition coefficient (Wildman–Crippen LogP) is 1.71. The van der Waals surface area contributed by atoms with Crippen molar-refractivity contribution >= 4 is 11.6 Å². The summed E-state index contributed by atoms with van der Waals surface area (Å²) in [5, 5.41) is 6.30. The number of amides is 1. The Morgan fingerprint density at radius 1 is 1.29 bits per heavy atom. The van der Waals surface area contributed by atoms with E-state index in [4.69, 9.17) is 4.74 Å². The Morgan fingerprint density at radius 3 is 2.48 bits per heavy atom. The normalized spacial score (nSPS) is 16.5. The second-order valence-corrected chi connectivity index (χ2v) is 5.71. The van der Waals surface area contributed by atoms with Gasteiger partial charge in [-0.1, -0.05) is 0 Å². The maximum Gasteiger partial charge on any atom is 0.244 e. The van der Waals surface area contributed by atoms with E-state index in [1.807, 2.05) is 45.0 Å². The number of nitrogens with zero attached hydrogens (tertiary/aromatic N) is 1. The smallest absolute Gasteiger partial charge is 0.244 e. The van der Waals surface area contributed by atoms with Gasteiger partial charge in [-0.3, -0.25) is 9.69 Å². The topological polar surface area (TPSA) is 53.6 Å². The fraction of sp³-hybridized carbons (Fsp3) is 0.562. The van der Waals surface area contributed by atoms with Crippen LogP contribution in [-0.4, -0.2) is 49.1 Å². The Bertz CT molecular complexity index is 465. The third-order valence-corrected chi connectivity index (χ3v) is 3.89. The van der Waals surface area contributed by atoms with Gasteiger partial charge in [0.25, 0.3) is 0 Å². The lowest BCUT2D eigenvalue weighted by molar-refractivity contribution is -0.126. The van der Waals surface area contributed by atoms with Crippen LogP contribution < -0.4 is 15.4 Å². The highest BCUT2D eigenvalue weighted by atomic mass is 16.5. The van der Waals surface area contributed by atoms with Crippen LogP contribution in [0.2, 0.25) is 0 Å². The number of anilines is 1. The van der Waals surface area contributed by atoms with Crippen LogP contribution in [0.3, 0.4) is 0 Å². The van der Waals surface area contributed by atoms with Gasteiger partial charge in [0, 0.05) is 31.9 Å². The van der Waals surface area contributed by atoms with Crippen molar-refractivity contribution in [3.05, 3.63) is 24.3 Å². The Morgan fingerprint density at radius 2 is 1.90 bits per heavy atom. The summed E-state index contributed by atoms with van der Waals surface area (Å²) < 4.78 is 5.40. The minimum atomic E-state index is -0.513. The summed E-state index contributed by atoms with van der Waals surface area (Å²) >= 11 is 0. The molecule has 0 unspecified atom stereocenters. The molecule has 1 heterocycles. The third kappa shape index (κ3) is 3.95. The van der Waals surface area contributed by atoms with E-state index in [2.05, 4.69) is 15.5 Å². The average molecular weight is 291 g/mol. The van der Waals surface area contributed by atoms with E-state index in [-0.39, 0.29) is 5.91 Å². The lowest BCUT2D eigenvalue weighted by Crippen LogP contribution is -2.58. The highest BCUT2D eigenvalue weighted by Gasteiger charge is 2.35. The standard InChI is InChI=1S/C16H25N3O2/c1-4-21-14-7-5-13(6-8-14)18-15(20)16(2,3)19-11-9-17-10-12-19/h5-8,17H,4,9-12H2,1-3H3,(H,18,20). The van der Waals surface area contributed by atoms with E-state index in [0.29, 0.717) is 6.61 Å². The molecule has 0 bridgehead atoms. The second-order valence-electron chi connectivity index (χ2n) is 5.71. The van der Waals surface area contributed by atoms with E-state index in [9.17, 15) is 4.79 Å². The van der Waals surface area contributed by atoms with Crippen molar-refractivity contribution in [2.45, 2.75) is 26.3 Å². The minimum absolute atomic E-state index is 0.0218. The van der Waals surface area contributed by atoms with Crippen molar-refractivity contribution in [3.8, 4) is 5.75 Å². The number of ether oxygens (including phenoxy) is 1. The molecule has 1 aliphatic rings. The molecule has 1 saturated heterocycles. The van der Waals surface area contributed by atoms with Gasteiger partial charge in [-0.2, -0.15) is 0 Å². The van der Waals surface area contributed by atoms with Gasteiger partial charge < -0.3 is 15.4 Å². The van der Waals surface area contributed by atoms with Crippen LogP contribution in [0, 0.1) is 0 Å². The van der Waals surface area contributed by atoms with Crippen molar-refractivity contribution < 1.29 is 9.53 Å². The van der Waals surface area contributed by atoms with Gasteiger partial charge in [0.1, 0.15) is 5.75 Å². The van der Waals surface area contributed by atoms with E-state index in [1.54, 1.807) is 0 Å². The monoisotopic (exact) mass is 291 g/mol. The minimum Gasteiger partial charge on any atom is -0.494 e. The van der Waals surface area contributed by atoms with Crippen LogP contribution in [0.25, 0.3) is 0 Å². The number of carbonyl (C=O) groups is 1. The molecule has 1 aromatic rings. The number of benzene rings is 1. The summed E-state index contributed by atoms with van der Waals surface area (Å²) in [7, 11) is 0. The van der Waals surface area contributed by atoms with Crippen LogP contribution in [-0.2, 0) is 4.79 Å². The molecule has 1 aromatic carbocycles. The van der Waals surface area contributed by atoms with Crippen molar-refractivity contribution in [1.82, 2.24) is 10.2 Å². The second kappa shape index (κ2) is 6.91. The number of carbonyl (C=O) groups excluding carboxylic acids is 1. The zero-order chi connectivity index (χ0) is 15.3. The first-order valence-corrected chi connectivity index (χ1v) is 7.54. The van der Waals surface area contributed by atoms with Gasteiger partial charge in [0.2, 0.25) is 5.91 Å². The number of hydrogen-bond acceptors (Lipinski definition) is 4. The van der Waals surface area contributed by atoms with E-state index in [0.717, 1.165) is 37.6 Å². The molecule has 21 heavy (non-hydrogen) atoms. The zero-order valence-electron chi connectivity index (χ0n) is 13.1. The van der Waals surface area contributed by atoms with E-state index < -0.39 is 5.54 Å². The van der Waals surface area contributed by atoms with Gasteiger partial charge in [0.15, 0.2) is 0 Å². The van der Waals surface area contributed by atoms with Crippen LogP contribution in [0.15, 0.2) is 24.3 Å². The Balaban J connectivity index is 1.98. The maximum absolute atomic E-state index is 12.5. The summed E-state index contributed by atoms with van der Waals surface area (Å²) in [5.41, 5.74) is 0.285. The quantitative estimate of drug-likeness (QED) is 0.867. The van der Waals surface area contributed by atoms with Gasteiger partial charge >= 0.3 is 0 Å². The molecule has 0 saturated carbocycles. The molecular formula is C16H25N3O2. The number of nitrogens with one attached hydrogen (secondary N) is 2. The molecule has 1 fully saturated rings. The fourth-order valence-electron chi connectivity index (χ4n) is 2.45. The van der Waals surface area contributed by atoms with Crippen molar-refractivity contribution in [3.63, 3.8) is 0 Å². The van der Waals surface area contributed by atoms with E-state index >= 15 is 0 Å². The Labute approximate surface area is 126 Å². The van der Waals surface area contributed by atoms with Gasteiger partial charge in [-0.25, -0.2) is 0 Å². The summed E-state index contributed by atoms with van der Waals surface area (Å²) in [6.45, 7) is 10.2. The third-order valence-electron chi connectivity index (χ3n) is 3.89. The number of rotatable bonds is 5. The van der Waals surface area contributed by atoms with Crippen LogP contribution >= 0.6 is 0 Å². The summed E-state index contributed by atoms with van der Waals surface area (Å²) in [6, 6.07) is 7.49. The summed E-state index contributed by atoms with van der Waals surface area (Å²) in [5.74, 6) is 0.838. The largest absolute Gasteiger partial charge is 0.494 e. The average Bonchev–Trinajstić information content (AvgIpc) is 2.50. The molecule has 0 spiro atoms.